The Bertz CT molecular complexity index is 1640. The van der Waals surface area contributed by atoms with Gasteiger partial charge >= 0.3 is 5.97 Å². The molecule has 0 amide bonds. The van der Waals surface area contributed by atoms with E-state index in [1.165, 1.54) is 80.3 Å². The molecule has 7 rings (SSSR count). The van der Waals surface area contributed by atoms with Crippen LogP contribution in [0, 0.1) is 53.3 Å². The zero-order valence-electron chi connectivity index (χ0n) is 37.6. The molecule has 0 saturated heterocycles. The van der Waals surface area contributed by atoms with Crippen LogP contribution in [0.4, 0.5) is 0 Å². The number of aliphatic carboxylic acids is 1. The van der Waals surface area contributed by atoms with Crippen molar-refractivity contribution in [3.63, 3.8) is 0 Å². The van der Waals surface area contributed by atoms with Crippen LogP contribution < -0.4 is 11.1 Å². The SMILES string of the molecule is CCCCCC1C=CC(CCCCC2CCC(c3cc4c([nH]3)CCC(C(C)C3CCCCC3)C4C)C3CC(CC4=CCNC(N)=C4)CC3(O)CCC(O)C2C(=O)O)C(O)C1. The van der Waals surface area contributed by atoms with Crippen LogP contribution in [-0.2, 0) is 11.2 Å². The molecule has 8 heteroatoms. The third-order valence-electron chi connectivity index (χ3n) is 17.4. The van der Waals surface area contributed by atoms with Gasteiger partial charge in [-0.2, -0.15) is 0 Å². The monoisotopic (exact) mass is 830 g/mol. The molecular formula is C52H83N3O5. The summed E-state index contributed by atoms with van der Waals surface area (Å²) in [5.41, 5.74) is 10.5. The van der Waals surface area contributed by atoms with Crippen LogP contribution in [0.15, 0.2) is 41.8 Å². The van der Waals surface area contributed by atoms with E-state index in [2.05, 4.69) is 55.4 Å². The standard InChI is InChI=1S/C52H83N3O5/c1-4-5-7-12-35-17-18-39(48(57)29-35)15-10-11-16-40-19-20-42(46-31-43-34(3)41(21-22-45(43)55-46)33(2)38-13-8-6-9-14-38)44-28-37(27-36-24-26-54-49(53)30-36)32-52(44,60)25-23-47(56)50(40)51(58)59/h17-18,24,30-31,33-35,37-42,44,47-48,50,54-57,60H,4-16,19-23,25-29,32,53H2,1-3H3,(H,58,59). The van der Waals surface area contributed by atoms with Crippen molar-refractivity contribution in [3.8, 4) is 0 Å². The fraction of sp³-hybridized carbons (Fsp3) is 0.788. The highest BCUT2D eigenvalue weighted by atomic mass is 16.4. The molecule has 60 heavy (non-hydrogen) atoms. The Morgan fingerprint density at radius 2 is 1.73 bits per heavy atom. The van der Waals surface area contributed by atoms with Crippen molar-refractivity contribution in [1.29, 1.82) is 0 Å². The van der Waals surface area contributed by atoms with Gasteiger partial charge in [0.05, 0.1) is 29.5 Å². The Hall–Kier alpha value is -2.55. The van der Waals surface area contributed by atoms with Crippen molar-refractivity contribution < 1.29 is 25.2 Å². The van der Waals surface area contributed by atoms with Crippen molar-refractivity contribution in [2.45, 2.75) is 198 Å². The lowest BCUT2D eigenvalue weighted by atomic mass is 9.66. The highest BCUT2D eigenvalue weighted by Crippen LogP contribution is 2.55. The van der Waals surface area contributed by atoms with E-state index in [1.807, 2.05) is 6.08 Å². The molecule has 6 aliphatic rings. The van der Waals surface area contributed by atoms with Gasteiger partial charge in [-0.1, -0.05) is 103 Å². The second kappa shape index (κ2) is 20.8. The predicted octanol–water partition coefficient (Wildman–Crippen LogP) is 10.4. The number of dihydropyridines is 1. The van der Waals surface area contributed by atoms with Gasteiger partial charge in [0.2, 0.25) is 0 Å². The molecule has 0 radical (unpaired) electrons. The number of fused-ring (bicyclic) bond motifs is 2. The topological polar surface area (TPSA) is 152 Å². The van der Waals surface area contributed by atoms with Gasteiger partial charge in [-0.25, -0.2) is 0 Å². The summed E-state index contributed by atoms with van der Waals surface area (Å²) in [7, 11) is 0. The van der Waals surface area contributed by atoms with E-state index in [4.69, 9.17) is 5.73 Å². The normalized spacial score (nSPS) is 37.0. The Kier molecular flexibility index (Phi) is 15.7. The van der Waals surface area contributed by atoms with Crippen molar-refractivity contribution in [2.75, 3.05) is 6.54 Å². The summed E-state index contributed by atoms with van der Waals surface area (Å²) in [6, 6.07) is 2.48. The van der Waals surface area contributed by atoms with Crippen molar-refractivity contribution in [2.24, 2.45) is 59.0 Å². The van der Waals surface area contributed by atoms with Crippen LogP contribution >= 0.6 is 0 Å². The maximum absolute atomic E-state index is 13.1. The minimum Gasteiger partial charge on any atom is -0.481 e. The van der Waals surface area contributed by atoms with Crippen LogP contribution in [0.2, 0.25) is 0 Å². The number of carboxylic acid groups (broad SMARTS) is 1. The number of carboxylic acids is 1. The molecule has 13 atom stereocenters. The molecule has 1 aromatic rings. The number of nitrogens with one attached hydrogen (secondary N) is 2. The van der Waals surface area contributed by atoms with Gasteiger partial charge in [-0.3, -0.25) is 4.79 Å². The molecule has 3 fully saturated rings. The Balaban J connectivity index is 1.11. The fourth-order valence-corrected chi connectivity index (χ4v) is 13.9. The molecule has 0 bridgehead atoms. The predicted molar refractivity (Wildman–Crippen MR) is 242 cm³/mol. The first-order valence-electron chi connectivity index (χ1n) is 25.0. The number of nitrogens with two attached hydrogens (primary N) is 1. The number of allylic oxidation sites excluding steroid dienone is 3. The van der Waals surface area contributed by atoms with Crippen LogP contribution in [0.3, 0.4) is 0 Å². The lowest BCUT2D eigenvalue weighted by molar-refractivity contribution is -0.150. The van der Waals surface area contributed by atoms with Crippen molar-refractivity contribution >= 4 is 5.97 Å². The molecule has 0 aromatic carbocycles. The zero-order valence-corrected chi connectivity index (χ0v) is 37.6. The molecule has 3 saturated carbocycles. The van der Waals surface area contributed by atoms with Gasteiger partial charge in [-0.15, -0.1) is 0 Å². The van der Waals surface area contributed by atoms with Gasteiger partial charge in [-0.05, 0) is 154 Å². The number of hydrogen-bond donors (Lipinski definition) is 7. The second-order valence-corrected chi connectivity index (χ2v) is 21.2. The van der Waals surface area contributed by atoms with Gasteiger partial charge in [0, 0.05) is 29.8 Å². The molecule has 1 aliphatic heterocycles. The number of unbranched alkanes of at least 4 members (excludes halogenated alkanes) is 3. The highest BCUT2D eigenvalue weighted by Gasteiger charge is 2.51. The average Bonchev–Trinajstić information content (AvgIpc) is 3.81. The van der Waals surface area contributed by atoms with Crippen LogP contribution in [-0.4, -0.2) is 55.7 Å². The Labute approximate surface area is 362 Å². The summed E-state index contributed by atoms with van der Waals surface area (Å²) in [6.45, 7) is 7.94. The van der Waals surface area contributed by atoms with Gasteiger partial charge in [0.15, 0.2) is 0 Å². The summed E-state index contributed by atoms with van der Waals surface area (Å²) in [6.07, 6.45) is 30.5. The molecule has 8 nitrogen and oxygen atoms in total. The summed E-state index contributed by atoms with van der Waals surface area (Å²) in [5, 5.41) is 49.6. The van der Waals surface area contributed by atoms with Crippen molar-refractivity contribution in [3.05, 3.63) is 58.7 Å². The second-order valence-electron chi connectivity index (χ2n) is 21.2. The van der Waals surface area contributed by atoms with E-state index < -0.39 is 23.6 Å². The number of carbonyl (C=O) groups is 1. The maximum Gasteiger partial charge on any atom is 0.309 e. The van der Waals surface area contributed by atoms with Gasteiger partial charge in [0.25, 0.3) is 0 Å². The number of aliphatic hydroxyl groups excluding tert-OH is 2. The van der Waals surface area contributed by atoms with E-state index in [-0.39, 0.29) is 42.1 Å². The molecule has 8 N–H and O–H groups in total. The quantitative estimate of drug-likeness (QED) is 0.0687. The molecular weight excluding hydrogens is 747 g/mol. The lowest BCUT2D eigenvalue weighted by Crippen LogP contribution is -2.42. The number of aryl methyl sites for hydroxylation is 1. The maximum atomic E-state index is 13.1. The number of aliphatic hydroxyl groups is 3. The smallest absolute Gasteiger partial charge is 0.309 e. The first-order chi connectivity index (χ1) is 28.9. The zero-order chi connectivity index (χ0) is 42.4. The van der Waals surface area contributed by atoms with Gasteiger partial charge in [0.1, 0.15) is 0 Å². The number of hydrogen-bond acceptors (Lipinski definition) is 6. The first-order valence-corrected chi connectivity index (χ1v) is 25.0. The van der Waals surface area contributed by atoms with Crippen LogP contribution in [0.1, 0.15) is 191 Å². The summed E-state index contributed by atoms with van der Waals surface area (Å²) in [4.78, 5) is 17.1. The summed E-state index contributed by atoms with van der Waals surface area (Å²) >= 11 is 0. The molecule has 5 aliphatic carbocycles. The highest BCUT2D eigenvalue weighted by molar-refractivity contribution is 5.71. The summed E-state index contributed by atoms with van der Waals surface area (Å²) < 4.78 is 0. The average molecular weight is 830 g/mol. The molecule has 1 aromatic heterocycles. The lowest BCUT2D eigenvalue weighted by Gasteiger charge is -2.40. The van der Waals surface area contributed by atoms with E-state index in [0.717, 1.165) is 82.6 Å². The van der Waals surface area contributed by atoms with E-state index >= 15 is 0 Å². The fourth-order valence-electron chi connectivity index (χ4n) is 13.9. The first kappa shape index (κ1) is 45.5. The minimum absolute atomic E-state index is 0.0121. The van der Waals surface area contributed by atoms with Crippen molar-refractivity contribution in [1.82, 2.24) is 10.3 Å². The Morgan fingerprint density at radius 3 is 2.48 bits per heavy atom. The number of H-pyrrole nitrogens is 1. The molecule has 2 heterocycles. The molecule has 13 unspecified atom stereocenters. The minimum atomic E-state index is -1.00. The third kappa shape index (κ3) is 10.8. The van der Waals surface area contributed by atoms with Gasteiger partial charge < -0.3 is 36.5 Å². The summed E-state index contributed by atoms with van der Waals surface area (Å²) in [5.74, 6) is 2.48. The third-order valence-corrected chi connectivity index (χ3v) is 17.4. The van der Waals surface area contributed by atoms with Crippen LogP contribution in [0.5, 0.6) is 0 Å². The van der Waals surface area contributed by atoms with E-state index in [9.17, 15) is 25.2 Å². The largest absolute Gasteiger partial charge is 0.481 e. The number of rotatable bonds is 15. The number of aromatic amines is 1. The Morgan fingerprint density at radius 1 is 0.950 bits per heavy atom. The molecule has 0 spiro atoms. The number of aromatic nitrogens is 1. The molecule has 336 valence electrons. The van der Waals surface area contributed by atoms with E-state index in [0.29, 0.717) is 42.8 Å². The van der Waals surface area contributed by atoms with Crippen LogP contribution in [0.25, 0.3) is 0 Å². The van der Waals surface area contributed by atoms with E-state index in [1.54, 1.807) is 0 Å².